The first-order valence-corrected chi connectivity index (χ1v) is 13.0. The van der Waals surface area contributed by atoms with Crippen molar-refractivity contribution in [2.45, 2.75) is 19.4 Å². The highest BCUT2D eigenvalue weighted by atomic mass is 16.3. The summed E-state index contributed by atoms with van der Waals surface area (Å²) in [7, 11) is 0. The van der Waals surface area contributed by atoms with E-state index in [1.165, 1.54) is 22.3 Å². The maximum absolute atomic E-state index is 6.25. The fraction of sp³-hybridized carbons (Fsp3) is 0.0909. The van der Waals surface area contributed by atoms with E-state index in [1.54, 1.807) is 0 Å². The third kappa shape index (κ3) is 3.32. The lowest BCUT2D eigenvalue weighted by Crippen LogP contribution is -2.06. The van der Waals surface area contributed by atoms with Crippen LogP contribution in [0.1, 0.15) is 12.2 Å². The lowest BCUT2D eigenvalue weighted by atomic mass is 9.98. The van der Waals surface area contributed by atoms with Gasteiger partial charge in [-0.1, -0.05) is 54.6 Å². The highest BCUT2D eigenvalue weighted by Crippen LogP contribution is 2.37. The average molecular weight is 493 g/mol. The van der Waals surface area contributed by atoms with Gasteiger partial charge in [0.2, 0.25) is 0 Å². The lowest BCUT2D eigenvalue weighted by molar-refractivity contribution is 0.589. The van der Waals surface area contributed by atoms with Crippen LogP contribution in [0.4, 0.5) is 0 Å². The van der Waals surface area contributed by atoms with Crippen LogP contribution in [0.25, 0.3) is 61.3 Å². The highest BCUT2D eigenvalue weighted by Gasteiger charge is 2.20. The van der Waals surface area contributed by atoms with Gasteiger partial charge in [0.15, 0.2) is 0 Å². The topological polar surface area (TPSA) is 48.8 Å². The molecule has 0 unspecified atom stereocenters. The molecule has 5 nitrogen and oxygen atoms in total. The molecule has 0 radical (unpaired) electrons. The second-order valence-corrected chi connectivity index (χ2v) is 9.88. The van der Waals surface area contributed by atoms with Crippen LogP contribution in [-0.4, -0.2) is 19.3 Å². The molecule has 0 saturated carbocycles. The van der Waals surface area contributed by atoms with Crippen LogP contribution in [0.5, 0.6) is 0 Å². The Morgan fingerprint density at radius 1 is 0.658 bits per heavy atom. The zero-order valence-corrected chi connectivity index (χ0v) is 20.7. The summed E-state index contributed by atoms with van der Waals surface area (Å²) in [6.07, 6.45) is 5.83. The van der Waals surface area contributed by atoms with Crippen LogP contribution < -0.4 is 0 Å². The SMILES string of the molecule is c1ccc(-c2cccc(-c3ccc4oc5ccc(-c6cnc7n6-c6ccnn6CCC7)cc5c4c3)c2)cc1. The Morgan fingerprint density at radius 3 is 2.21 bits per heavy atom. The number of fused-ring (bicyclic) bond motifs is 6. The van der Waals surface area contributed by atoms with Crippen molar-refractivity contribution >= 4 is 21.9 Å². The van der Waals surface area contributed by atoms with Crippen molar-refractivity contribution in [3.63, 3.8) is 0 Å². The molecule has 0 N–H and O–H groups in total. The van der Waals surface area contributed by atoms with Crippen molar-refractivity contribution in [3.8, 4) is 39.3 Å². The van der Waals surface area contributed by atoms with Gasteiger partial charge in [0.05, 0.1) is 18.1 Å². The molecule has 0 bridgehead atoms. The number of hydrogen-bond donors (Lipinski definition) is 0. The third-order valence-electron chi connectivity index (χ3n) is 7.60. The molecule has 5 heteroatoms. The molecule has 1 aliphatic heterocycles. The zero-order valence-electron chi connectivity index (χ0n) is 20.7. The second kappa shape index (κ2) is 8.32. The van der Waals surface area contributed by atoms with Gasteiger partial charge in [-0.05, 0) is 65.1 Å². The summed E-state index contributed by atoms with van der Waals surface area (Å²) in [5.74, 6) is 2.15. The van der Waals surface area contributed by atoms with Crippen LogP contribution >= 0.6 is 0 Å². The molecule has 0 spiro atoms. The fourth-order valence-electron chi connectivity index (χ4n) is 5.73. The number of imidazole rings is 1. The van der Waals surface area contributed by atoms with Crippen molar-refractivity contribution in [2.75, 3.05) is 0 Å². The zero-order chi connectivity index (χ0) is 25.1. The van der Waals surface area contributed by atoms with Gasteiger partial charge in [-0.3, -0.25) is 4.57 Å². The second-order valence-electron chi connectivity index (χ2n) is 9.88. The van der Waals surface area contributed by atoms with Gasteiger partial charge in [-0.25, -0.2) is 9.67 Å². The minimum absolute atomic E-state index is 0.889. The Bertz CT molecular complexity index is 1960. The van der Waals surface area contributed by atoms with E-state index in [2.05, 4.69) is 111 Å². The molecule has 0 amide bonds. The largest absolute Gasteiger partial charge is 0.456 e. The Morgan fingerprint density at radius 2 is 1.37 bits per heavy atom. The van der Waals surface area contributed by atoms with Crippen molar-refractivity contribution in [1.29, 1.82) is 0 Å². The molecular weight excluding hydrogens is 468 g/mol. The lowest BCUT2D eigenvalue weighted by Gasteiger charge is -2.10. The van der Waals surface area contributed by atoms with E-state index in [-0.39, 0.29) is 0 Å². The number of hydrogen-bond acceptors (Lipinski definition) is 3. The molecule has 8 rings (SSSR count). The minimum atomic E-state index is 0.889. The van der Waals surface area contributed by atoms with E-state index in [0.717, 1.165) is 64.2 Å². The van der Waals surface area contributed by atoms with E-state index in [1.807, 2.05) is 12.4 Å². The van der Waals surface area contributed by atoms with Crippen LogP contribution in [0, 0.1) is 0 Å². The molecule has 1 aliphatic rings. The summed E-state index contributed by atoms with van der Waals surface area (Å²) in [6, 6.07) is 34.2. The Kier molecular flexibility index (Phi) is 4.64. The average Bonchev–Trinajstić information content (AvgIpc) is 3.67. The summed E-state index contributed by atoms with van der Waals surface area (Å²) in [5.41, 5.74) is 8.76. The van der Waals surface area contributed by atoms with Crippen LogP contribution in [0.2, 0.25) is 0 Å². The molecule has 4 aromatic carbocycles. The van der Waals surface area contributed by atoms with Crippen molar-refractivity contribution in [1.82, 2.24) is 19.3 Å². The smallest absolute Gasteiger partial charge is 0.136 e. The number of nitrogens with zero attached hydrogens (tertiary/aromatic N) is 4. The van der Waals surface area contributed by atoms with E-state index in [9.17, 15) is 0 Å². The summed E-state index contributed by atoms with van der Waals surface area (Å²) in [6.45, 7) is 0.908. The Balaban J connectivity index is 1.26. The van der Waals surface area contributed by atoms with Crippen LogP contribution in [0.15, 0.2) is 114 Å². The molecule has 0 atom stereocenters. The van der Waals surface area contributed by atoms with Gasteiger partial charge < -0.3 is 4.42 Å². The Labute approximate surface area is 219 Å². The number of furan rings is 1. The molecule has 0 fully saturated rings. The number of aryl methyl sites for hydroxylation is 2. The molecule has 0 saturated heterocycles. The molecule has 3 aromatic heterocycles. The molecule has 7 aromatic rings. The van der Waals surface area contributed by atoms with Gasteiger partial charge in [-0.2, -0.15) is 5.10 Å². The van der Waals surface area contributed by atoms with Gasteiger partial charge in [-0.15, -0.1) is 0 Å². The van der Waals surface area contributed by atoms with Crippen molar-refractivity contribution in [3.05, 3.63) is 115 Å². The number of benzene rings is 4. The predicted octanol–water partition coefficient (Wildman–Crippen LogP) is 7.92. The summed E-state index contributed by atoms with van der Waals surface area (Å²) >= 11 is 0. The first kappa shape index (κ1) is 21.2. The van der Waals surface area contributed by atoms with E-state index >= 15 is 0 Å². The molecule has 38 heavy (non-hydrogen) atoms. The molecule has 0 aliphatic carbocycles. The van der Waals surface area contributed by atoms with Crippen LogP contribution in [0.3, 0.4) is 0 Å². The Hall–Kier alpha value is -4.90. The number of rotatable bonds is 3. The maximum atomic E-state index is 6.25. The first-order chi connectivity index (χ1) is 18.8. The van der Waals surface area contributed by atoms with E-state index in [0.29, 0.717) is 0 Å². The maximum Gasteiger partial charge on any atom is 0.136 e. The monoisotopic (exact) mass is 492 g/mol. The summed E-state index contributed by atoms with van der Waals surface area (Å²) in [5, 5.41) is 6.75. The molecular formula is C33H24N4O. The van der Waals surface area contributed by atoms with Crippen molar-refractivity contribution in [2.24, 2.45) is 0 Å². The summed E-state index contributed by atoms with van der Waals surface area (Å²) < 4.78 is 10.6. The predicted molar refractivity (Wildman–Crippen MR) is 151 cm³/mol. The van der Waals surface area contributed by atoms with Gasteiger partial charge in [0.25, 0.3) is 0 Å². The molecule has 4 heterocycles. The van der Waals surface area contributed by atoms with E-state index < -0.39 is 0 Å². The minimum Gasteiger partial charge on any atom is -0.456 e. The van der Waals surface area contributed by atoms with Gasteiger partial charge in [0, 0.05) is 35.4 Å². The number of aromatic nitrogens is 4. The third-order valence-corrected chi connectivity index (χ3v) is 7.60. The normalized spacial score (nSPS) is 12.9. The quantitative estimate of drug-likeness (QED) is 0.252. The standard InChI is InChI=1S/C33H24N4O/c1-2-6-22(7-3-1)23-8-4-9-24(18-23)25-11-13-30-27(19-25)28-20-26(12-14-31(28)38-30)29-21-34-32-10-5-17-36-33(37(29)32)15-16-35-36/h1-4,6-9,11-16,18-21H,5,10,17H2. The highest BCUT2D eigenvalue weighted by molar-refractivity contribution is 6.07. The fourth-order valence-corrected chi connectivity index (χ4v) is 5.73. The molecule has 182 valence electrons. The van der Waals surface area contributed by atoms with Crippen LogP contribution in [-0.2, 0) is 13.0 Å². The van der Waals surface area contributed by atoms with Crippen molar-refractivity contribution < 1.29 is 4.42 Å². The van der Waals surface area contributed by atoms with E-state index in [4.69, 9.17) is 9.40 Å². The summed E-state index contributed by atoms with van der Waals surface area (Å²) in [4.78, 5) is 4.79. The first-order valence-electron chi connectivity index (χ1n) is 13.0. The van der Waals surface area contributed by atoms with Gasteiger partial charge >= 0.3 is 0 Å². The van der Waals surface area contributed by atoms with Gasteiger partial charge in [0.1, 0.15) is 22.8 Å².